The molecule has 21 heavy (non-hydrogen) atoms. The van der Waals surface area contributed by atoms with Gasteiger partial charge in [0, 0.05) is 6.42 Å². The monoisotopic (exact) mass is 370 g/mol. The summed E-state index contributed by atoms with van der Waals surface area (Å²) in [6, 6.07) is 9.69. The van der Waals surface area contributed by atoms with Crippen LogP contribution in [-0.2, 0) is 11.2 Å². The van der Waals surface area contributed by atoms with Crippen LogP contribution in [0.15, 0.2) is 40.2 Å². The highest BCUT2D eigenvalue weighted by Gasteiger charge is 2.10. The average Bonchev–Trinajstić information content (AvgIpc) is 2.90. The molecule has 0 saturated heterocycles. The Morgan fingerprint density at radius 1 is 1.14 bits per heavy atom. The van der Waals surface area contributed by atoms with Crippen LogP contribution in [0.3, 0.4) is 0 Å². The summed E-state index contributed by atoms with van der Waals surface area (Å²) in [6.45, 7) is 0. The minimum Gasteiger partial charge on any atom is -0.273 e. The summed E-state index contributed by atoms with van der Waals surface area (Å²) in [6.07, 6.45) is 0.369. The summed E-state index contributed by atoms with van der Waals surface area (Å²) >= 11 is 4.52. The van der Waals surface area contributed by atoms with Crippen molar-refractivity contribution < 1.29 is 14.0 Å². The molecule has 2 aromatic rings. The number of benzene rings is 1. The summed E-state index contributed by atoms with van der Waals surface area (Å²) in [4.78, 5) is 23.8. The molecule has 2 amide bonds. The summed E-state index contributed by atoms with van der Waals surface area (Å²) < 4.78 is 14.2. The molecule has 2 rings (SSSR count). The smallest absolute Gasteiger partial charge is 0.273 e. The molecule has 0 aliphatic heterocycles. The summed E-state index contributed by atoms with van der Waals surface area (Å²) in [5.41, 5.74) is 5.10. The summed E-state index contributed by atoms with van der Waals surface area (Å²) in [5.74, 6) is -1.09. The number of hydrazine groups is 1. The first-order valence-corrected chi connectivity index (χ1v) is 7.75. The maximum Gasteiger partial charge on any atom is 0.279 e. The molecular formula is C14H12BrFN2O2S. The average molecular weight is 371 g/mol. The van der Waals surface area contributed by atoms with E-state index < -0.39 is 0 Å². The van der Waals surface area contributed by atoms with Gasteiger partial charge in [-0.05, 0) is 46.1 Å². The quantitative estimate of drug-likeness (QED) is 0.812. The molecule has 0 aliphatic rings. The maximum absolute atomic E-state index is 13.4. The van der Waals surface area contributed by atoms with Crippen LogP contribution in [0.5, 0.6) is 0 Å². The normalized spacial score (nSPS) is 10.2. The topological polar surface area (TPSA) is 58.2 Å². The van der Waals surface area contributed by atoms with Gasteiger partial charge in [0.25, 0.3) is 5.91 Å². The molecular weight excluding hydrogens is 359 g/mol. The van der Waals surface area contributed by atoms with Crippen LogP contribution in [0, 0.1) is 5.82 Å². The molecule has 0 bridgehead atoms. The van der Waals surface area contributed by atoms with Crippen LogP contribution in [0.4, 0.5) is 4.39 Å². The number of hydrogen-bond acceptors (Lipinski definition) is 3. The highest BCUT2D eigenvalue weighted by Crippen LogP contribution is 2.21. The van der Waals surface area contributed by atoms with E-state index in [0.717, 1.165) is 3.79 Å². The molecule has 0 fully saturated rings. The van der Waals surface area contributed by atoms with Crippen LogP contribution in [-0.4, -0.2) is 11.8 Å². The van der Waals surface area contributed by atoms with Gasteiger partial charge in [0.1, 0.15) is 5.82 Å². The number of halogens is 2. The Morgan fingerprint density at radius 2 is 1.90 bits per heavy atom. The van der Waals surface area contributed by atoms with Crippen molar-refractivity contribution in [3.63, 3.8) is 0 Å². The first-order chi connectivity index (χ1) is 10.1. The third kappa shape index (κ3) is 4.64. The molecule has 0 spiro atoms. The van der Waals surface area contributed by atoms with E-state index in [4.69, 9.17) is 0 Å². The molecule has 110 valence electrons. The van der Waals surface area contributed by atoms with Gasteiger partial charge >= 0.3 is 0 Å². The highest BCUT2D eigenvalue weighted by atomic mass is 79.9. The summed E-state index contributed by atoms with van der Waals surface area (Å²) in [7, 11) is 0. The third-order valence-corrected chi connectivity index (χ3v) is 4.31. The minimum absolute atomic E-state index is 0.0926. The van der Waals surface area contributed by atoms with Crippen molar-refractivity contribution >= 4 is 39.1 Å². The van der Waals surface area contributed by atoms with Crippen LogP contribution in [0.25, 0.3) is 0 Å². The van der Waals surface area contributed by atoms with Crippen molar-refractivity contribution in [3.05, 3.63) is 56.4 Å². The number of rotatable bonds is 4. The molecule has 7 heteroatoms. The first-order valence-electron chi connectivity index (χ1n) is 6.14. The van der Waals surface area contributed by atoms with E-state index in [1.165, 1.54) is 17.4 Å². The van der Waals surface area contributed by atoms with Crippen molar-refractivity contribution in [1.82, 2.24) is 10.9 Å². The SMILES string of the molecule is O=C(CCc1ccccc1F)NNC(=O)c1ccc(Br)s1. The highest BCUT2D eigenvalue weighted by molar-refractivity contribution is 9.11. The van der Waals surface area contributed by atoms with Crippen LogP contribution < -0.4 is 10.9 Å². The predicted molar refractivity (Wildman–Crippen MR) is 82.3 cm³/mol. The summed E-state index contributed by atoms with van der Waals surface area (Å²) in [5, 5.41) is 0. The number of carbonyl (C=O) groups is 2. The van der Waals surface area contributed by atoms with Crippen molar-refractivity contribution in [2.24, 2.45) is 0 Å². The minimum atomic E-state index is -0.384. The molecule has 0 unspecified atom stereocenters. The molecule has 1 heterocycles. The third-order valence-electron chi connectivity index (χ3n) is 2.69. The lowest BCUT2D eigenvalue weighted by atomic mass is 10.1. The fraction of sp³-hybridized carbons (Fsp3) is 0.143. The molecule has 1 aromatic carbocycles. The Hall–Kier alpha value is -1.73. The molecule has 1 aromatic heterocycles. The van der Waals surface area contributed by atoms with E-state index in [1.54, 1.807) is 30.3 Å². The molecule has 0 aliphatic carbocycles. The predicted octanol–water partition coefficient (Wildman–Crippen LogP) is 3.04. The van der Waals surface area contributed by atoms with E-state index in [1.807, 2.05) is 0 Å². The van der Waals surface area contributed by atoms with Crippen LogP contribution in [0.2, 0.25) is 0 Å². The van der Waals surface area contributed by atoms with E-state index >= 15 is 0 Å². The standard InChI is InChI=1S/C14H12BrFN2O2S/c15-12-7-6-11(21-12)14(20)18-17-13(19)8-5-9-3-1-2-4-10(9)16/h1-4,6-7H,5,8H2,(H,17,19)(H,18,20). The molecule has 4 nitrogen and oxygen atoms in total. The molecule has 2 N–H and O–H groups in total. The van der Waals surface area contributed by atoms with Crippen LogP contribution >= 0.6 is 27.3 Å². The van der Waals surface area contributed by atoms with Crippen LogP contribution in [0.1, 0.15) is 21.7 Å². The Morgan fingerprint density at radius 3 is 2.57 bits per heavy atom. The molecule has 0 saturated carbocycles. The Kier molecular flexibility index (Phi) is 5.46. The maximum atomic E-state index is 13.4. The second-order valence-corrected chi connectivity index (χ2v) is 6.66. The van der Waals surface area contributed by atoms with Gasteiger partial charge in [-0.3, -0.25) is 20.4 Å². The second-order valence-electron chi connectivity index (χ2n) is 4.20. The lowest BCUT2D eigenvalue weighted by Gasteiger charge is -2.06. The zero-order chi connectivity index (χ0) is 15.2. The van der Waals surface area contributed by atoms with Gasteiger partial charge in [-0.1, -0.05) is 18.2 Å². The fourth-order valence-electron chi connectivity index (χ4n) is 1.64. The van der Waals surface area contributed by atoms with E-state index in [0.29, 0.717) is 10.4 Å². The van der Waals surface area contributed by atoms with Crippen molar-refractivity contribution in [2.75, 3.05) is 0 Å². The number of carbonyl (C=O) groups excluding carboxylic acids is 2. The van der Waals surface area contributed by atoms with Gasteiger partial charge in [-0.15, -0.1) is 11.3 Å². The zero-order valence-corrected chi connectivity index (χ0v) is 13.3. The lowest BCUT2D eigenvalue weighted by molar-refractivity contribution is -0.121. The van der Waals surface area contributed by atoms with E-state index in [9.17, 15) is 14.0 Å². The van der Waals surface area contributed by atoms with Gasteiger partial charge in [0.05, 0.1) is 8.66 Å². The van der Waals surface area contributed by atoms with Crippen molar-refractivity contribution in [2.45, 2.75) is 12.8 Å². The number of aryl methyl sites for hydroxylation is 1. The molecule has 0 radical (unpaired) electrons. The van der Waals surface area contributed by atoms with Crippen molar-refractivity contribution in [3.8, 4) is 0 Å². The van der Waals surface area contributed by atoms with Gasteiger partial charge in [0.2, 0.25) is 5.91 Å². The van der Waals surface area contributed by atoms with Gasteiger partial charge in [0.15, 0.2) is 0 Å². The van der Waals surface area contributed by atoms with Gasteiger partial charge < -0.3 is 0 Å². The number of nitrogens with one attached hydrogen (secondary N) is 2. The second kappa shape index (κ2) is 7.33. The Labute approximate surface area is 133 Å². The Balaban J connectivity index is 1.78. The molecule has 0 atom stereocenters. The van der Waals surface area contributed by atoms with Gasteiger partial charge in [-0.25, -0.2) is 4.39 Å². The number of thiophene rings is 1. The number of amides is 2. The lowest BCUT2D eigenvalue weighted by Crippen LogP contribution is -2.41. The van der Waals surface area contributed by atoms with E-state index in [-0.39, 0.29) is 30.5 Å². The van der Waals surface area contributed by atoms with E-state index in [2.05, 4.69) is 26.8 Å². The van der Waals surface area contributed by atoms with Gasteiger partial charge in [-0.2, -0.15) is 0 Å². The van der Waals surface area contributed by atoms with Crippen molar-refractivity contribution in [1.29, 1.82) is 0 Å². The number of hydrogen-bond donors (Lipinski definition) is 2. The largest absolute Gasteiger partial charge is 0.279 e. The zero-order valence-electron chi connectivity index (χ0n) is 10.9. The Bertz CT molecular complexity index is 660. The first kappa shape index (κ1) is 15.7. The fourth-order valence-corrected chi connectivity index (χ4v) is 2.92.